The van der Waals surface area contributed by atoms with E-state index in [1.54, 1.807) is 6.08 Å². The number of fused-ring (bicyclic) bond motifs is 1. The van der Waals surface area contributed by atoms with Gasteiger partial charge in [-0.15, -0.1) is 0 Å². The quantitative estimate of drug-likeness (QED) is 0.654. The molecule has 0 fully saturated rings. The fraction of sp³-hybridized carbons (Fsp3) is 0.0667. The Bertz CT molecular complexity index is 618. The monoisotopic (exact) mass is 194 g/mol. The molecule has 0 nitrogen and oxygen atoms in total. The van der Waals surface area contributed by atoms with Gasteiger partial charge in [0.25, 0.3) is 0 Å². The summed E-state index contributed by atoms with van der Waals surface area (Å²) in [5.74, 6) is 0. The maximum Gasteiger partial charge on any atom is -0.0175 e. The summed E-state index contributed by atoms with van der Waals surface area (Å²) in [5.41, 5.74) is 1.28. The molecule has 2 aromatic carbocycles. The molecule has 0 heteroatoms. The maximum atomic E-state index is 4.04. The molecule has 74 valence electrons. The van der Waals surface area contributed by atoms with Crippen molar-refractivity contribution in [2.45, 2.75) is 6.92 Å². The Labute approximate surface area is 89.9 Å². The minimum atomic E-state index is 1.05. The van der Waals surface area contributed by atoms with Gasteiger partial charge >= 0.3 is 0 Å². The molecule has 0 aliphatic rings. The van der Waals surface area contributed by atoms with Gasteiger partial charge in [0.05, 0.1) is 0 Å². The number of aryl methyl sites for hydroxylation is 1. The normalized spacial score (nSPS) is 11.9. The van der Waals surface area contributed by atoms with Crippen molar-refractivity contribution < 1.29 is 0 Å². The topological polar surface area (TPSA) is 0 Å². The first kappa shape index (κ1) is 9.72. The van der Waals surface area contributed by atoms with Gasteiger partial charge in [0.1, 0.15) is 0 Å². The zero-order valence-corrected chi connectivity index (χ0v) is 8.96. The number of hydrogen-bond acceptors (Lipinski definition) is 0. The first-order valence-corrected chi connectivity index (χ1v) is 5.03. The van der Waals surface area contributed by atoms with E-state index in [0.29, 0.717) is 0 Å². The lowest BCUT2D eigenvalue weighted by Crippen LogP contribution is -2.21. The lowest BCUT2D eigenvalue weighted by atomic mass is 10.1. The molecule has 0 radical (unpaired) electrons. The molecule has 0 saturated heterocycles. The van der Waals surface area contributed by atoms with Gasteiger partial charge in [0.15, 0.2) is 0 Å². The molecule has 0 heterocycles. The van der Waals surface area contributed by atoms with Crippen LogP contribution in [0.5, 0.6) is 0 Å². The number of rotatable bonds is 1. The SMILES string of the molecule is C=C/C=c1/cc2ccc(C)cc2cc1=C. The van der Waals surface area contributed by atoms with Crippen LogP contribution in [0.1, 0.15) is 5.56 Å². The van der Waals surface area contributed by atoms with Gasteiger partial charge in [-0.1, -0.05) is 49.1 Å². The van der Waals surface area contributed by atoms with Crippen LogP contribution in [-0.4, -0.2) is 0 Å². The van der Waals surface area contributed by atoms with Crippen molar-refractivity contribution in [2.75, 3.05) is 0 Å². The average Bonchev–Trinajstić information content (AvgIpc) is 2.20. The molecule has 2 rings (SSSR count). The van der Waals surface area contributed by atoms with E-state index >= 15 is 0 Å². The summed E-state index contributed by atoms with van der Waals surface area (Å²) in [4.78, 5) is 0. The molecule has 0 spiro atoms. The number of hydrogen-bond donors (Lipinski definition) is 0. The molecule has 15 heavy (non-hydrogen) atoms. The van der Waals surface area contributed by atoms with Crippen molar-refractivity contribution in [1.82, 2.24) is 0 Å². The van der Waals surface area contributed by atoms with Crippen LogP contribution in [0.2, 0.25) is 0 Å². The van der Waals surface area contributed by atoms with E-state index in [1.807, 2.05) is 6.08 Å². The van der Waals surface area contributed by atoms with Gasteiger partial charge in [0, 0.05) is 0 Å². The molecule has 0 N–H and O–H groups in total. The summed E-state index contributed by atoms with van der Waals surface area (Å²) in [7, 11) is 0. The largest absolute Gasteiger partial charge is 0.0990 e. The minimum absolute atomic E-state index is 1.05. The van der Waals surface area contributed by atoms with Crippen LogP contribution < -0.4 is 10.4 Å². The zero-order chi connectivity index (χ0) is 10.8. The first-order chi connectivity index (χ1) is 7.20. The highest BCUT2D eigenvalue weighted by Crippen LogP contribution is 2.11. The summed E-state index contributed by atoms with van der Waals surface area (Å²) >= 11 is 0. The standard InChI is InChI=1S/C15H14/c1-4-5-13-10-14-7-6-11(2)8-15(14)9-12(13)3/h4-10H,1,3H2,2H3/b13-5-. The Balaban J connectivity index is 2.88. The molecule has 2 aromatic rings. The van der Waals surface area contributed by atoms with Gasteiger partial charge in [0.2, 0.25) is 0 Å². The van der Waals surface area contributed by atoms with E-state index in [-0.39, 0.29) is 0 Å². The fourth-order valence-corrected chi connectivity index (χ4v) is 1.76. The van der Waals surface area contributed by atoms with Crippen molar-refractivity contribution in [3.8, 4) is 0 Å². The van der Waals surface area contributed by atoms with E-state index in [4.69, 9.17) is 0 Å². The first-order valence-electron chi connectivity index (χ1n) is 5.03. The van der Waals surface area contributed by atoms with Crippen LogP contribution >= 0.6 is 0 Å². The summed E-state index contributed by atoms with van der Waals surface area (Å²) < 4.78 is 0. The third kappa shape index (κ3) is 1.84. The fourth-order valence-electron chi connectivity index (χ4n) is 1.76. The summed E-state index contributed by atoms with van der Waals surface area (Å²) in [6.07, 6.45) is 3.78. The molecule has 0 saturated carbocycles. The number of benzene rings is 2. The van der Waals surface area contributed by atoms with Gasteiger partial charge in [-0.05, 0) is 40.3 Å². The van der Waals surface area contributed by atoms with Crippen LogP contribution in [-0.2, 0) is 0 Å². The van der Waals surface area contributed by atoms with E-state index in [0.717, 1.165) is 10.4 Å². The predicted molar refractivity (Wildman–Crippen MR) is 68.1 cm³/mol. The highest BCUT2D eigenvalue weighted by atomic mass is 14.0. The Morgan fingerprint density at radius 3 is 2.60 bits per heavy atom. The van der Waals surface area contributed by atoms with E-state index in [2.05, 4.69) is 50.4 Å². The predicted octanol–water partition coefficient (Wildman–Crippen LogP) is 2.53. The van der Waals surface area contributed by atoms with Gasteiger partial charge in [-0.2, -0.15) is 0 Å². The van der Waals surface area contributed by atoms with E-state index < -0.39 is 0 Å². The molecular formula is C15H14. The highest BCUT2D eigenvalue weighted by molar-refractivity contribution is 5.83. The molecule has 0 aliphatic carbocycles. The second-order valence-electron chi connectivity index (χ2n) is 3.80. The second-order valence-corrected chi connectivity index (χ2v) is 3.80. The van der Waals surface area contributed by atoms with Gasteiger partial charge in [-0.25, -0.2) is 0 Å². The Hall–Kier alpha value is -1.82. The van der Waals surface area contributed by atoms with Crippen molar-refractivity contribution >= 4 is 23.4 Å². The lowest BCUT2D eigenvalue weighted by Gasteiger charge is -1.99. The highest BCUT2D eigenvalue weighted by Gasteiger charge is 1.93. The molecule has 0 unspecified atom stereocenters. The van der Waals surface area contributed by atoms with Crippen LogP contribution in [0.3, 0.4) is 0 Å². The van der Waals surface area contributed by atoms with E-state index in [9.17, 15) is 0 Å². The van der Waals surface area contributed by atoms with Crippen molar-refractivity contribution in [3.63, 3.8) is 0 Å². The molecule has 0 aromatic heterocycles. The van der Waals surface area contributed by atoms with Crippen molar-refractivity contribution in [3.05, 3.63) is 59.0 Å². The smallest absolute Gasteiger partial charge is 0.0175 e. The maximum absolute atomic E-state index is 4.04. The third-order valence-corrected chi connectivity index (χ3v) is 2.55. The Morgan fingerprint density at radius 1 is 1.07 bits per heavy atom. The molecular weight excluding hydrogens is 180 g/mol. The minimum Gasteiger partial charge on any atom is -0.0990 e. The third-order valence-electron chi connectivity index (χ3n) is 2.55. The molecule has 0 amide bonds. The van der Waals surface area contributed by atoms with Crippen LogP contribution in [0.15, 0.2) is 43.0 Å². The molecule has 0 bridgehead atoms. The number of allylic oxidation sites excluding steroid dienone is 1. The van der Waals surface area contributed by atoms with Crippen LogP contribution in [0, 0.1) is 6.92 Å². The van der Waals surface area contributed by atoms with Gasteiger partial charge < -0.3 is 0 Å². The van der Waals surface area contributed by atoms with Crippen molar-refractivity contribution in [2.24, 2.45) is 0 Å². The Morgan fingerprint density at radius 2 is 1.87 bits per heavy atom. The molecule has 0 aliphatic heterocycles. The van der Waals surface area contributed by atoms with Crippen molar-refractivity contribution in [1.29, 1.82) is 0 Å². The Kier molecular flexibility index (Phi) is 2.42. The van der Waals surface area contributed by atoms with Crippen LogP contribution in [0.25, 0.3) is 23.4 Å². The van der Waals surface area contributed by atoms with Gasteiger partial charge in [-0.3, -0.25) is 0 Å². The summed E-state index contributed by atoms with van der Waals surface area (Å²) in [6.45, 7) is 9.85. The summed E-state index contributed by atoms with van der Waals surface area (Å²) in [6, 6.07) is 10.7. The second kappa shape index (κ2) is 3.74. The molecule has 0 atom stereocenters. The lowest BCUT2D eigenvalue weighted by molar-refractivity contribution is 1.49. The van der Waals surface area contributed by atoms with Crippen LogP contribution in [0.4, 0.5) is 0 Å². The average molecular weight is 194 g/mol. The van der Waals surface area contributed by atoms with E-state index in [1.165, 1.54) is 16.3 Å². The zero-order valence-electron chi connectivity index (χ0n) is 8.96. The summed E-state index contributed by atoms with van der Waals surface area (Å²) in [5, 5.41) is 4.69.